The van der Waals surface area contributed by atoms with Crippen LogP contribution in [-0.2, 0) is 23.0 Å². The van der Waals surface area contributed by atoms with Crippen LogP contribution in [0.25, 0.3) is 10.2 Å². The predicted octanol–water partition coefficient (Wildman–Crippen LogP) is 4.20. The Morgan fingerprint density at radius 1 is 1.06 bits per heavy atom. The summed E-state index contributed by atoms with van der Waals surface area (Å²) < 4.78 is 28.3. The minimum atomic E-state index is -3.70. The molecule has 0 spiro atoms. The number of nitrogens with one attached hydrogen (secondary N) is 1. The number of nitrogens with zero attached hydrogens (tertiary/aromatic N) is 3. The number of non-ortho nitro benzene ring substituents is 1. The van der Waals surface area contributed by atoms with Crippen molar-refractivity contribution < 1.29 is 18.1 Å². The van der Waals surface area contributed by atoms with Gasteiger partial charge in [0, 0.05) is 30.8 Å². The molecule has 0 unspecified atom stereocenters. The second-order valence-electron chi connectivity index (χ2n) is 7.76. The molecule has 0 atom stereocenters. The second-order valence-corrected chi connectivity index (χ2v) is 10.7. The SMILES string of the molecule is O=C(Nc1nc2ccc([N+](=O)[O-])cc2s1)c1ccc(S(=O)(=O)N2CCc3ccccc3C2)cc1. The van der Waals surface area contributed by atoms with Crippen molar-refractivity contribution in [1.82, 2.24) is 9.29 Å². The highest BCUT2D eigenvalue weighted by Crippen LogP contribution is 2.30. The number of anilines is 1. The monoisotopic (exact) mass is 494 g/mol. The quantitative estimate of drug-likeness (QED) is 0.328. The molecule has 0 radical (unpaired) electrons. The molecule has 3 aromatic carbocycles. The first-order valence-electron chi connectivity index (χ1n) is 10.3. The van der Waals surface area contributed by atoms with Gasteiger partial charge < -0.3 is 0 Å². The number of carbonyl (C=O) groups excluding carboxylic acids is 1. The lowest BCUT2D eigenvalue weighted by Gasteiger charge is -2.28. The lowest BCUT2D eigenvalue weighted by molar-refractivity contribution is -0.384. The largest absolute Gasteiger partial charge is 0.298 e. The highest BCUT2D eigenvalue weighted by molar-refractivity contribution is 7.89. The zero-order valence-electron chi connectivity index (χ0n) is 17.7. The number of thiazole rings is 1. The van der Waals surface area contributed by atoms with E-state index in [4.69, 9.17) is 0 Å². The van der Waals surface area contributed by atoms with Crippen molar-refractivity contribution in [2.45, 2.75) is 17.9 Å². The molecule has 11 heteroatoms. The normalized spacial score (nSPS) is 14.0. The predicted molar refractivity (Wildman–Crippen MR) is 128 cm³/mol. The van der Waals surface area contributed by atoms with Gasteiger partial charge >= 0.3 is 0 Å². The molecule has 1 N–H and O–H groups in total. The third-order valence-corrected chi connectivity index (χ3v) is 8.45. The molecule has 0 saturated heterocycles. The van der Waals surface area contributed by atoms with Crippen LogP contribution in [0.3, 0.4) is 0 Å². The number of nitro groups is 1. The van der Waals surface area contributed by atoms with Gasteiger partial charge in [-0.2, -0.15) is 4.31 Å². The Morgan fingerprint density at radius 2 is 1.79 bits per heavy atom. The maximum atomic E-state index is 13.1. The van der Waals surface area contributed by atoms with Crippen LogP contribution in [0.2, 0.25) is 0 Å². The van der Waals surface area contributed by atoms with Crippen molar-refractivity contribution in [3.05, 3.63) is 93.5 Å². The summed E-state index contributed by atoms with van der Waals surface area (Å²) in [7, 11) is -3.70. The minimum absolute atomic E-state index is 0.0528. The fourth-order valence-electron chi connectivity index (χ4n) is 3.85. The lowest BCUT2D eigenvalue weighted by Crippen LogP contribution is -2.35. The van der Waals surface area contributed by atoms with Crippen LogP contribution in [0.15, 0.2) is 71.6 Å². The molecular weight excluding hydrogens is 476 g/mol. The van der Waals surface area contributed by atoms with Crippen molar-refractivity contribution in [1.29, 1.82) is 0 Å². The van der Waals surface area contributed by atoms with Gasteiger partial charge in [-0.05, 0) is 47.9 Å². The Morgan fingerprint density at radius 3 is 2.53 bits per heavy atom. The summed E-state index contributed by atoms with van der Waals surface area (Å²) in [5, 5.41) is 13.9. The van der Waals surface area contributed by atoms with E-state index in [1.807, 2.05) is 24.3 Å². The van der Waals surface area contributed by atoms with Gasteiger partial charge in [0.15, 0.2) is 5.13 Å². The van der Waals surface area contributed by atoms with Crippen LogP contribution < -0.4 is 5.32 Å². The van der Waals surface area contributed by atoms with Crippen LogP contribution in [0.5, 0.6) is 0 Å². The molecule has 0 aliphatic carbocycles. The molecule has 2 heterocycles. The van der Waals surface area contributed by atoms with Gasteiger partial charge in [-0.3, -0.25) is 20.2 Å². The van der Waals surface area contributed by atoms with Gasteiger partial charge in [-0.25, -0.2) is 13.4 Å². The van der Waals surface area contributed by atoms with Crippen molar-refractivity contribution in [3.63, 3.8) is 0 Å². The minimum Gasteiger partial charge on any atom is -0.298 e. The molecule has 0 bridgehead atoms. The van der Waals surface area contributed by atoms with Gasteiger partial charge in [0.05, 0.1) is 20.0 Å². The van der Waals surface area contributed by atoms with Crippen LogP contribution in [-0.4, -0.2) is 35.1 Å². The number of benzene rings is 3. The lowest BCUT2D eigenvalue weighted by atomic mass is 10.0. The maximum absolute atomic E-state index is 13.1. The van der Waals surface area contributed by atoms with E-state index in [9.17, 15) is 23.3 Å². The summed E-state index contributed by atoms with van der Waals surface area (Å²) >= 11 is 1.12. The summed E-state index contributed by atoms with van der Waals surface area (Å²) in [4.78, 5) is 27.5. The fraction of sp³-hybridized carbons (Fsp3) is 0.130. The molecule has 0 saturated carbocycles. The number of amides is 1. The molecule has 5 rings (SSSR count). The van der Waals surface area contributed by atoms with E-state index in [2.05, 4.69) is 10.3 Å². The van der Waals surface area contributed by atoms with Gasteiger partial charge in [0.2, 0.25) is 10.0 Å². The Labute approximate surface area is 198 Å². The number of hydrogen-bond donors (Lipinski definition) is 1. The summed E-state index contributed by atoms with van der Waals surface area (Å²) in [5.74, 6) is -0.454. The number of nitro benzene ring substituents is 1. The van der Waals surface area contributed by atoms with E-state index in [0.29, 0.717) is 34.9 Å². The Balaban J connectivity index is 1.31. The average Bonchev–Trinajstić information content (AvgIpc) is 3.25. The summed E-state index contributed by atoms with van der Waals surface area (Å²) in [6.45, 7) is 0.716. The van der Waals surface area contributed by atoms with E-state index >= 15 is 0 Å². The zero-order valence-corrected chi connectivity index (χ0v) is 19.3. The number of hydrogen-bond acceptors (Lipinski definition) is 7. The second kappa shape index (κ2) is 8.60. The third kappa shape index (κ3) is 4.16. The molecule has 1 aliphatic heterocycles. The first kappa shape index (κ1) is 22.1. The van der Waals surface area contributed by atoms with Crippen LogP contribution in [0.1, 0.15) is 21.5 Å². The molecule has 172 valence electrons. The van der Waals surface area contributed by atoms with Crippen molar-refractivity contribution >= 4 is 48.3 Å². The van der Waals surface area contributed by atoms with Crippen molar-refractivity contribution in [2.24, 2.45) is 0 Å². The first-order chi connectivity index (χ1) is 16.3. The van der Waals surface area contributed by atoms with E-state index in [-0.39, 0.29) is 16.1 Å². The summed E-state index contributed by atoms with van der Waals surface area (Å²) in [5.41, 5.74) is 2.91. The topological polar surface area (TPSA) is 123 Å². The maximum Gasteiger partial charge on any atom is 0.270 e. The van der Waals surface area contributed by atoms with Crippen molar-refractivity contribution in [3.8, 4) is 0 Å². The van der Waals surface area contributed by atoms with E-state index in [0.717, 1.165) is 22.5 Å². The number of sulfonamides is 1. The van der Waals surface area contributed by atoms with Gasteiger partial charge in [0.25, 0.3) is 11.6 Å². The Kier molecular flexibility index (Phi) is 5.60. The van der Waals surface area contributed by atoms with Crippen molar-refractivity contribution in [2.75, 3.05) is 11.9 Å². The zero-order chi connectivity index (χ0) is 23.9. The molecule has 0 fully saturated rings. The van der Waals surface area contributed by atoms with Crippen LogP contribution >= 0.6 is 11.3 Å². The standard InChI is InChI=1S/C23H18N4O5S2/c28-22(25-23-24-20-10-7-18(27(29)30)13-21(20)33-23)16-5-8-19(9-6-16)34(31,32)26-12-11-15-3-1-2-4-17(15)14-26/h1-10,13H,11-12,14H2,(H,24,25,28). The van der Waals surface area contributed by atoms with Gasteiger partial charge in [-0.15, -0.1) is 0 Å². The van der Waals surface area contributed by atoms with Crippen LogP contribution in [0.4, 0.5) is 10.8 Å². The number of rotatable bonds is 5. The Bertz CT molecular complexity index is 1530. The molecule has 1 amide bonds. The molecular formula is C23H18N4O5S2. The highest BCUT2D eigenvalue weighted by atomic mass is 32.2. The van der Waals surface area contributed by atoms with Gasteiger partial charge in [-0.1, -0.05) is 35.6 Å². The smallest absolute Gasteiger partial charge is 0.270 e. The third-order valence-electron chi connectivity index (χ3n) is 5.65. The number of aromatic nitrogens is 1. The van der Waals surface area contributed by atoms with E-state index in [1.54, 1.807) is 0 Å². The highest BCUT2D eigenvalue weighted by Gasteiger charge is 2.28. The van der Waals surface area contributed by atoms with Gasteiger partial charge in [0.1, 0.15) is 0 Å². The number of fused-ring (bicyclic) bond motifs is 2. The molecule has 9 nitrogen and oxygen atoms in total. The molecule has 1 aliphatic rings. The fourth-order valence-corrected chi connectivity index (χ4v) is 6.16. The average molecular weight is 495 g/mol. The summed E-state index contributed by atoms with van der Waals surface area (Å²) in [6.07, 6.45) is 0.654. The van der Waals surface area contributed by atoms with Crippen LogP contribution in [0, 0.1) is 10.1 Å². The molecule has 4 aromatic rings. The van der Waals surface area contributed by atoms with E-state index in [1.165, 1.54) is 46.8 Å². The first-order valence-corrected chi connectivity index (χ1v) is 12.6. The Hall–Kier alpha value is -3.67. The summed E-state index contributed by atoms with van der Waals surface area (Å²) in [6, 6.07) is 17.8. The molecule has 34 heavy (non-hydrogen) atoms. The number of carbonyl (C=O) groups is 1. The molecule has 1 aromatic heterocycles. The van der Waals surface area contributed by atoms with E-state index < -0.39 is 20.9 Å².